The van der Waals surface area contributed by atoms with Crippen molar-refractivity contribution >= 4 is 12.0 Å². The third kappa shape index (κ3) is 3.59. The topological polar surface area (TPSA) is 70.1 Å². The normalized spacial score (nSPS) is 24.9. The quantitative estimate of drug-likeness (QED) is 0.840. The molecule has 2 amide bonds. The number of hydrogen-bond acceptors (Lipinski definition) is 3. The van der Waals surface area contributed by atoms with E-state index in [1.54, 1.807) is 26.0 Å². The lowest BCUT2D eigenvalue weighted by Gasteiger charge is -2.41. The van der Waals surface area contributed by atoms with Gasteiger partial charge in [-0.05, 0) is 26.2 Å². The average molecular weight is 272 g/mol. The van der Waals surface area contributed by atoms with E-state index in [4.69, 9.17) is 9.84 Å². The number of likely N-dealkylation sites (N-methyl/N-ethyl adjacent to an activating group) is 1. The van der Waals surface area contributed by atoms with E-state index in [-0.39, 0.29) is 11.6 Å². The Labute approximate surface area is 114 Å². The Morgan fingerprint density at radius 2 is 2.16 bits per heavy atom. The maximum atomic E-state index is 12.3. The van der Waals surface area contributed by atoms with Gasteiger partial charge in [-0.25, -0.2) is 9.59 Å². The fourth-order valence-electron chi connectivity index (χ4n) is 2.51. The number of aliphatic carboxylic acids is 1. The Balaban J connectivity index is 2.74. The molecule has 2 atom stereocenters. The molecule has 2 unspecified atom stereocenters. The molecular weight excluding hydrogens is 248 g/mol. The largest absolute Gasteiger partial charge is 0.480 e. The first-order chi connectivity index (χ1) is 8.84. The lowest BCUT2D eigenvalue weighted by Crippen LogP contribution is -2.55. The molecule has 1 heterocycles. The van der Waals surface area contributed by atoms with E-state index in [0.29, 0.717) is 19.5 Å². The van der Waals surface area contributed by atoms with Gasteiger partial charge in [-0.3, -0.25) is 0 Å². The molecule has 0 bridgehead atoms. The average Bonchev–Trinajstić information content (AvgIpc) is 2.38. The minimum absolute atomic E-state index is 0.239. The van der Waals surface area contributed by atoms with Crippen molar-refractivity contribution in [1.29, 1.82) is 0 Å². The van der Waals surface area contributed by atoms with Gasteiger partial charge in [0.25, 0.3) is 0 Å². The number of carbonyl (C=O) groups excluding carboxylic acids is 1. The van der Waals surface area contributed by atoms with Gasteiger partial charge in [0.1, 0.15) is 6.04 Å². The van der Waals surface area contributed by atoms with Crippen LogP contribution in [0.4, 0.5) is 4.79 Å². The molecule has 1 rings (SSSR count). The van der Waals surface area contributed by atoms with Gasteiger partial charge in [0, 0.05) is 20.7 Å². The Bertz CT molecular complexity index is 348. The number of rotatable bonds is 4. The van der Waals surface area contributed by atoms with Crippen LogP contribution in [-0.2, 0) is 9.53 Å². The van der Waals surface area contributed by atoms with E-state index in [1.807, 2.05) is 6.92 Å². The number of methoxy groups -OCH3 is 1. The van der Waals surface area contributed by atoms with Crippen LogP contribution in [0, 0.1) is 0 Å². The Morgan fingerprint density at radius 3 is 2.63 bits per heavy atom. The molecule has 1 N–H and O–H groups in total. The third-order valence-electron chi connectivity index (χ3n) is 3.86. The van der Waals surface area contributed by atoms with Gasteiger partial charge in [-0.2, -0.15) is 0 Å². The monoisotopic (exact) mass is 272 g/mol. The smallest absolute Gasteiger partial charge is 0.326 e. The number of hydrogen-bond donors (Lipinski definition) is 1. The van der Waals surface area contributed by atoms with Crippen molar-refractivity contribution in [3.8, 4) is 0 Å². The lowest BCUT2D eigenvalue weighted by atomic mass is 9.95. The van der Waals surface area contributed by atoms with Crippen molar-refractivity contribution in [3.05, 3.63) is 0 Å². The molecular formula is C13H24N2O4. The molecule has 1 saturated heterocycles. The fraction of sp³-hybridized carbons (Fsp3) is 0.846. The molecule has 1 aliphatic heterocycles. The minimum Gasteiger partial charge on any atom is -0.480 e. The van der Waals surface area contributed by atoms with E-state index < -0.39 is 12.0 Å². The second-order valence-electron chi connectivity index (χ2n) is 5.33. The summed E-state index contributed by atoms with van der Waals surface area (Å²) in [7, 11) is 3.19. The van der Waals surface area contributed by atoms with Crippen LogP contribution in [0.15, 0.2) is 0 Å². The van der Waals surface area contributed by atoms with Crippen LogP contribution in [0.25, 0.3) is 0 Å². The zero-order valence-corrected chi connectivity index (χ0v) is 12.2. The number of carboxylic acids is 1. The van der Waals surface area contributed by atoms with Crippen molar-refractivity contribution < 1.29 is 19.4 Å². The van der Waals surface area contributed by atoms with Crippen LogP contribution in [0.5, 0.6) is 0 Å². The first kappa shape index (κ1) is 15.8. The first-order valence-corrected chi connectivity index (χ1v) is 6.64. The molecule has 0 saturated carbocycles. The van der Waals surface area contributed by atoms with Crippen molar-refractivity contribution in [3.63, 3.8) is 0 Å². The SMILES string of the molecule is CCC(C(=O)O)N(C)C(=O)N1CCCC(C)(OC)C1. The second-order valence-corrected chi connectivity index (χ2v) is 5.33. The van der Waals surface area contributed by atoms with Crippen molar-refractivity contribution in [1.82, 2.24) is 9.80 Å². The maximum absolute atomic E-state index is 12.3. The van der Waals surface area contributed by atoms with Crippen LogP contribution in [0.1, 0.15) is 33.1 Å². The number of amides is 2. The molecule has 0 aromatic heterocycles. The standard InChI is InChI=1S/C13H24N2O4/c1-5-10(11(16)17)14(3)12(18)15-8-6-7-13(2,9-15)19-4/h10H,5-9H2,1-4H3,(H,16,17). The predicted octanol–water partition coefficient (Wildman–Crippen LogP) is 1.40. The predicted molar refractivity (Wildman–Crippen MR) is 71.1 cm³/mol. The van der Waals surface area contributed by atoms with Crippen molar-refractivity contribution in [2.75, 3.05) is 27.2 Å². The number of urea groups is 1. The van der Waals surface area contributed by atoms with E-state index in [0.717, 1.165) is 12.8 Å². The third-order valence-corrected chi connectivity index (χ3v) is 3.86. The van der Waals surface area contributed by atoms with Gasteiger partial charge in [0.05, 0.1) is 12.1 Å². The van der Waals surface area contributed by atoms with Gasteiger partial charge < -0.3 is 19.6 Å². The highest BCUT2D eigenvalue weighted by Gasteiger charge is 2.36. The highest BCUT2D eigenvalue weighted by Crippen LogP contribution is 2.24. The van der Waals surface area contributed by atoms with E-state index in [1.165, 1.54) is 4.90 Å². The molecule has 0 aromatic rings. The van der Waals surface area contributed by atoms with Crippen molar-refractivity contribution in [2.24, 2.45) is 0 Å². The fourth-order valence-corrected chi connectivity index (χ4v) is 2.51. The number of piperidine rings is 1. The molecule has 0 aromatic carbocycles. The molecule has 110 valence electrons. The van der Waals surface area contributed by atoms with Gasteiger partial charge in [0.2, 0.25) is 0 Å². The summed E-state index contributed by atoms with van der Waals surface area (Å²) < 4.78 is 5.44. The van der Waals surface area contributed by atoms with Gasteiger partial charge >= 0.3 is 12.0 Å². The summed E-state index contributed by atoms with van der Waals surface area (Å²) in [4.78, 5) is 26.4. The number of ether oxygens (including phenoxy) is 1. The van der Waals surface area contributed by atoms with E-state index >= 15 is 0 Å². The Hall–Kier alpha value is -1.30. The number of carbonyl (C=O) groups is 2. The number of nitrogens with zero attached hydrogens (tertiary/aromatic N) is 2. The second kappa shape index (κ2) is 6.23. The molecule has 1 fully saturated rings. The molecule has 1 aliphatic rings. The van der Waals surface area contributed by atoms with Crippen LogP contribution < -0.4 is 0 Å². The Kier molecular flexibility index (Phi) is 5.17. The Morgan fingerprint density at radius 1 is 1.53 bits per heavy atom. The number of likely N-dealkylation sites (tertiary alicyclic amines) is 1. The molecule has 6 nitrogen and oxygen atoms in total. The summed E-state index contributed by atoms with van der Waals surface area (Å²) >= 11 is 0. The lowest BCUT2D eigenvalue weighted by molar-refractivity contribution is -0.142. The van der Waals surface area contributed by atoms with Gasteiger partial charge in [0.15, 0.2) is 0 Å². The van der Waals surface area contributed by atoms with Crippen molar-refractivity contribution in [2.45, 2.75) is 44.8 Å². The van der Waals surface area contributed by atoms with Crippen LogP contribution in [-0.4, -0.2) is 65.8 Å². The summed E-state index contributed by atoms with van der Waals surface area (Å²) in [6, 6.07) is -1.01. The van der Waals surface area contributed by atoms with Crippen LogP contribution in [0.3, 0.4) is 0 Å². The summed E-state index contributed by atoms with van der Waals surface area (Å²) in [5.74, 6) is -0.968. The summed E-state index contributed by atoms with van der Waals surface area (Å²) in [5, 5.41) is 9.10. The van der Waals surface area contributed by atoms with Gasteiger partial charge in [-0.15, -0.1) is 0 Å². The van der Waals surface area contributed by atoms with E-state index in [9.17, 15) is 9.59 Å². The molecule has 6 heteroatoms. The first-order valence-electron chi connectivity index (χ1n) is 6.64. The summed E-state index contributed by atoms with van der Waals surface area (Å²) in [5.41, 5.74) is -0.334. The van der Waals surface area contributed by atoms with E-state index in [2.05, 4.69) is 0 Å². The highest BCUT2D eigenvalue weighted by molar-refractivity contribution is 5.82. The number of carboxylic acid groups (broad SMARTS) is 1. The summed E-state index contributed by atoms with van der Waals surface area (Å²) in [6.45, 7) is 4.89. The minimum atomic E-state index is -0.968. The highest BCUT2D eigenvalue weighted by atomic mass is 16.5. The molecule has 19 heavy (non-hydrogen) atoms. The summed E-state index contributed by atoms with van der Waals surface area (Å²) in [6.07, 6.45) is 2.17. The zero-order valence-electron chi connectivity index (χ0n) is 12.2. The zero-order chi connectivity index (χ0) is 14.6. The van der Waals surface area contributed by atoms with Gasteiger partial charge in [-0.1, -0.05) is 6.92 Å². The maximum Gasteiger partial charge on any atom is 0.326 e. The molecule has 0 spiro atoms. The molecule has 0 aliphatic carbocycles. The van der Waals surface area contributed by atoms with Crippen LogP contribution in [0.2, 0.25) is 0 Å². The molecule has 0 radical (unpaired) electrons. The van der Waals surface area contributed by atoms with Crippen LogP contribution >= 0.6 is 0 Å².